The van der Waals surface area contributed by atoms with Crippen molar-refractivity contribution in [3.05, 3.63) is 76.2 Å². The molecule has 5 rings (SSSR count). The molecular weight excluding hydrogens is 412 g/mol. The fourth-order valence-corrected chi connectivity index (χ4v) is 3.50. The van der Waals surface area contributed by atoms with Crippen LogP contribution < -0.4 is 20.1 Å². The lowest BCUT2D eigenvalue weighted by atomic mass is 10.1. The third-order valence-electron chi connectivity index (χ3n) is 5.03. The van der Waals surface area contributed by atoms with Crippen LogP contribution in [0.15, 0.2) is 54.9 Å². The third kappa shape index (κ3) is 3.69. The number of nitrogens with one attached hydrogen (secondary N) is 2. The van der Waals surface area contributed by atoms with E-state index in [1.807, 2.05) is 49.4 Å². The standard InChI is InChI=1S/C22H18N6O4/c1-13-5-7-15-16(26-13)3-2-4-17(15)27-22-20(28(29)30)21(24-11-25-22)23-10-14-6-8-18-19(9-14)32-12-31-18/h2-9,11H,10,12H2,1H3,(H2,23,24,25,27). The van der Waals surface area contributed by atoms with E-state index in [2.05, 4.69) is 25.6 Å². The number of rotatable bonds is 6. The summed E-state index contributed by atoms with van der Waals surface area (Å²) in [6, 6.07) is 14.8. The molecule has 0 unspecified atom stereocenters. The maximum absolute atomic E-state index is 11.9. The summed E-state index contributed by atoms with van der Waals surface area (Å²) in [4.78, 5) is 24.1. The Morgan fingerprint density at radius 3 is 2.78 bits per heavy atom. The van der Waals surface area contributed by atoms with Gasteiger partial charge in [-0.2, -0.15) is 0 Å². The molecule has 2 N–H and O–H groups in total. The van der Waals surface area contributed by atoms with Crippen LogP contribution in [-0.4, -0.2) is 26.7 Å². The quantitative estimate of drug-likeness (QED) is 0.340. The topological polar surface area (TPSA) is 124 Å². The lowest BCUT2D eigenvalue weighted by Gasteiger charge is -2.12. The van der Waals surface area contributed by atoms with Gasteiger partial charge in [-0.25, -0.2) is 9.97 Å². The fraction of sp³-hybridized carbons (Fsp3) is 0.136. The summed E-state index contributed by atoms with van der Waals surface area (Å²) in [5, 5.41) is 18.8. The van der Waals surface area contributed by atoms with Crippen molar-refractivity contribution < 1.29 is 14.4 Å². The minimum atomic E-state index is -0.502. The molecule has 0 spiro atoms. The number of benzene rings is 2. The second-order valence-electron chi connectivity index (χ2n) is 7.17. The number of nitro groups is 1. The van der Waals surface area contributed by atoms with Gasteiger partial charge in [-0.1, -0.05) is 12.1 Å². The van der Waals surface area contributed by atoms with Crippen molar-refractivity contribution >= 4 is 33.9 Å². The SMILES string of the molecule is Cc1ccc2c(Nc3ncnc(NCc4ccc5c(c4)OCO5)c3[N+](=O)[O-])cccc2n1. The average molecular weight is 430 g/mol. The Morgan fingerprint density at radius 2 is 1.91 bits per heavy atom. The molecule has 32 heavy (non-hydrogen) atoms. The monoisotopic (exact) mass is 430 g/mol. The molecule has 0 aliphatic carbocycles. The summed E-state index contributed by atoms with van der Waals surface area (Å²) in [7, 11) is 0. The molecule has 2 aromatic carbocycles. The highest BCUT2D eigenvalue weighted by molar-refractivity contribution is 5.94. The summed E-state index contributed by atoms with van der Waals surface area (Å²) in [6.45, 7) is 2.40. The lowest BCUT2D eigenvalue weighted by molar-refractivity contribution is -0.383. The molecular formula is C22H18N6O4. The van der Waals surface area contributed by atoms with E-state index in [0.717, 1.165) is 22.2 Å². The van der Waals surface area contributed by atoms with Crippen molar-refractivity contribution in [2.75, 3.05) is 17.4 Å². The van der Waals surface area contributed by atoms with Crippen LogP contribution in [0.1, 0.15) is 11.3 Å². The molecule has 0 amide bonds. The smallest absolute Gasteiger partial charge is 0.353 e. The van der Waals surface area contributed by atoms with Crippen LogP contribution in [0.2, 0.25) is 0 Å². The zero-order valence-corrected chi connectivity index (χ0v) is 17.0. The Kier molecular flexibility index (Phi) is 4.86. The van der Waals surface area contributed by atoms with Crippen molar-refractivity contribution in [2.45, 2.75) is 13.5 Å². The molecule has 1 aliphatic rings. The fourth-order valence-electron chi connectivity index (χ4n) is 3.50. The number of anilines is 3. The number of hydrogen-bond acceptors (Lipinski definition) is 9. The number of hydrogen-bond donors (Lipinski definition) is 2. The summed E-state index contributed by atoms with van der Waals surface area (Å²) in [5.74, 6) is 1.52. The molecule has 0 fully saturated rings. The molecule has 0 saturated carbocycles. The van der Waals surface area contributed by atoms with Crippen LogP contribution in [0.25, 0.3) is 10.9 Å². The molecule has 0 bridgehead atoms. The van der Waals surface area contributed by atoms with E-state index < -0.39 is 4.92 Å². The molecule has 0 saturated heterocycles. The first kappa shape index (κ1) is 19.5. The summed E-state index contributed by atoms with van der Waals surface area (Å²) < 4.78 is 10.7. The molecule has 2 aromatic heterocycles. The largest absolute Gasteiger partial charge is 0.454 e. The van der Waals surface area contributed by atoms with Gasteiger partial charge in [-0.3, -0.25) is 15.1 Å². The Hall–Kier alpha value is -4.47. The molecule has 160 valence electrons. The van der Waals surface area contributed by atoms with E-state index in [1.165, 1.54) is 6.33 Å². The van der Waals surface area contributed by atoms with Crippen LogP contribution in [-0.2, 0) is 6.54 Å². The Balaban J connectivity index is 1.44. The van der Waals surface area contributed by atoms with E-state index in [9.17, 15) is 10.1 Å². The number of aromatic nitrogens is 3. The van der Waals surface area contributed by atoms with Gasteiger partial charge in [0.15, 0.2) is 11.5 Å². The highest BCUT2D eigenvalue weighted by Gasteiger charge is 2.24. The van der Waals surface area contributed by atoms with Crippen molar-refractivity contribution in [3.8, 4) is 11.5 Å². The van der Waals surface area contributed by atoms with E-state index in [4.69, 9.17) is 9.47 Å². The van der Waals surface area contributed by atoms with Crippen LogP contribution in [0.5, 0.6) is 11.5 Å². The van der Waals surface area contributed by atoms with E-state index in [-0.39, 0.29) is 24.1 Å². The summed E-state index contributed by atoms with van der Waals surface area (Å²) in [5.41, 5.74) is 2.96. The number of aryl methyl sites for hydroxylation is 1. The first-order valence-corrected chi connectivity index (χ1v) is 9.84. The van der Waals surface area contributed by atoms with Gasteiger partial charge >= 0.3 is 5.69 Å². The Labute approximate surface area is 182 Å². The number of fused-ring (bicyclic) bond motifs is 2. The van der Waals surface area contributed by atoms with Crippen LogP contribution in [0, 0.1) is 17.0 Å². The second kappa shape index (κ2) is 7.99. The maximum Gasteiger partial charge on any atom is 0.353 e. The summed E-state index contributed by atoms with van der Waals surface area (Å²) >= 11 is 0. The Morgan fingerprint density at radius 1 is 1.06 bits per heavy atom. The predicted molar refractivity (Wildman–Crippen MR) is 118 cm³/mol. The minimum Gasteiger partial charge on any atom is -0.454 e. The number of ether oxygens (including phenoxy) is 2. The van der Waals surface area contributed by atoms with Gasteiger partial charge in [0.05, 0.1) is 10.4 Å². The van der Waals surface area contributed by atoms with Crippen molar-refractivity contribution in [2.24, 2.45) is 0 Å². The molecule has 0 atom stereocenters. The summed E-state index contributed by atoms with van der Waals surface area (Å²) in [6.07, 6.45) is 1.28. The molecule has 0 radical (unpaired) electrons. The number of pyridine rings is 1. The van der Waals surface area contributed by atoms with Gasteiger partial charge in [0.1, 0.15) is 6.33 Å². The predicted octanol–water partition coefficient (Wildman–Crippen LogP) is 4.33. The van der Waals surface area contributed by atoms with Gasteiger partial charge < -0.3 is 20.1 Å². The van der Waals surface area contributed by atoms with Crippen molar-refractivity contribution in [3.63, 3.8) is 0 Å². The van der Waals surface area contributed by atoms with Crippen LogP contribution in [0.3, 0.4) is 0 Å². The van der Waals surface area contributed by atoms with Crippen LogP contribution >= 0.6 is 0 Å². The average Bonchev–Trinajstić information content (AvgIpc) is 3.25. The zero-order chi connectivity index (χ0) is 22.1. The van der Waals surface area contributed by atoms with Crippen LogP contribution in [0.4, 0.5) is 23.0 Å². The number of nitrogens with zero attached hydrogens (tertiary/aromatic N) is 4. The highest BCUT2D eigenvalue weighted by atomic mass is 16.7. The molecule has 10 heteroatoms. The van der Waals surface area contributed by atoms with Gasteiger partial charge in [-0.15, -0.1) is 0 Å². The normalized spacial score (nSPS) is 12.0. The van der Waals surface area contributed by atoms with E-state index >= 15 is 0 Å². The minimum absolute atomic E-state index is 0.0891. The zero-order valence-electron chi connectivity index (χ0n) is 17.0. The van der Waals surface area contributed by atoms with Gasteiger partial charge in [0.2, 0.25) is 18.4 Å². The maximum atomic E-state index is 11.9. The molecule has 10 nitrogen and oxygen atoms in total. The molecule has 1 aliphatic heterocycles. The molecule has 3 heterocycles. The van der Waals surface area contributed by atoms with Gasteiger partial charge in [0.25, 0.3) is 0 Å². The van der Waals surface area contributed by atoms with Crippen molar-refractivity contribution in [1.82, 2.24) is 15.0 Å². The van der Waals surface area contributed by atoms with E-state index in [1.54, 1.807) is 6.07 Å². The van der Waals surface area contributed by atoms with Gasteiger partial charge in [-0.05, 0) is 48.9 Å². The lowest BCUT2D eigenvalue weighted by Crippen LogP contribution is -2.08. The van der Waals surface area contributed by atoms with E-state index in [0.29, 0.717) is 23.7 Å². The Bertz CT molecular complexity index is 1340. The molecule has 4 aromatic rings. The van der Waals surface area contributed by atoms with Gasteiger partial charge in [0, 0.05) is 23.3 Å². The first-order valence-electron chi connectivity index (χ1n) is 9.84. The van der Waals surface area contributed by atoms with Crippen molar-refractivity contribution in [1.29, 1.82) is 0 Å². The first-order chi connectivity index (χ1) is 15.6. The highest BCUT2D eigenvalue weighted by Crippen LogP contribution is 2.35. The second-order valence-corrected chi connectivity index (χ2v) is 7.17. The third-order valence-corrected chi connectivity index (χ3v) is 5.03.